The molecule has 0 aromatic carbocycles. The Hall–Kier alpha value is -0.370. The summed E-state index contributed by atoms with van der Waals surface area (Å²) in [5.74, 6) is 0.583. The summed E-state index contributed by atoms with van der Waals surface area (Å²) < 4.78 is 0. The first kappa shape index (κ1) is 5.76. The van der Waals surface area contributed by atoms with Crippen LogP contribution in [0.4, 0.5) is 0 Å². The molecule has 1 aliphatic heterocycles. The summed E-state index contributed by atoms with van der Waals surface area (Å²) in [7, 11) is 0. The van der Waals surface area contributed by atoms with Gasteiger partial charge < -0.3 is 5.73 Å². The maximum atomic E-state index is 5.58. The molecule has 2 heteroatoms. The standard InChI is InChI=1S/C6H12N2/c1-5-3-2-4-8-6(5)7/h4-6H,2-3,7H2,1H3. The molecule has 0 fully saturated rings. The van der Waals surface area contributed by atoms with E-state index in [1.165, 1.54) is 6.42 Å². The van der Waals surface area contributed by atoms with Crippen molar-refractivity contribution in [3.05, 3.63) is 0 Å². The van der Waals surface area contributed by atoms with Gasteiger partial charge in [-0.3, -0.25) is 4.99 Å². The van der Waals surface area contributed by atoms with E-state index in [0.29, 0.717) is 5.92 Å². The molecule has 1 aliphatic rings. The van der Waals surface area contributed by atoms with Gasteiger partial charge in [0.05, 0.1) is 6.17 Å². The van der Waals surface area contributed by atoms with Crippen LogP contribution in [0, 0.1) is 5.92 Å². The van der Waals surface area contributed by atoms with Gasteiger partial charge in [0, 0.05) is 6.21 Å². The molecule has 0 bridgehead atoms. The van der Waals surface area contributed by atoms with Crippen LogP contribution in [0.1, 0.15) is 19.8 Å². The Morgan fingerprint density at radius 1 is 1.75 bits per heavy atom. The minimum absolute atomic E-state index is 0.0729. The van der Waals surface area contributed by atoms with Crippen LogP contribution >= 0.6 is 0 Å². The van der Waals surface area contributed by atoms with E-state index in [-0.39, 0.29) is 6.17 Å². The molecule has 0 aromatic rings. The average molecular weight is 112 g/mol. The first-order chi connectivity index (χ1) is 3.80. The Labute approximate surface area is 49.8 Å². The van der Waals surface area contributed by atoms with Gasteiger partial charge in [-0.25, -0.2) is 0 Å². The predicted octanol–water partition coefficient (Wildman–Crippen LogP) is 0.772. The van der Waals surface area contributed by atoms with Crippen LogP contribution in [-0.4, -0.2) is 12.4 Å². The molecule has 0 aliphatic carbocycles. The summed E-state index contributed by atoms with van der Waals surface area (Å²) in [5, 5.41) is 0. The number of rotatable bonds is 0. The third-order valence-corrected chi connectivity index (χ3v) is 1.61. The van der Waals surface area contributed by atoms with Gasteiger partial charge >= 0.3 is 0 Å². The summed E-state index contributed by atoms with van der Waals surface area (Å²) in [6, 6.07) is 0. The molecule has 2 N–H and O–H groups in total. The number of aliphatic imine (C=N–C) groups is 1. The molecule has 0 aromatic heterocycles. The topological polar surface area (TPSA) is 38.4 Å². The van der Waals surface area contributed by atoms with Crippen LogP contribution in [0.2, 0.25) is 0 Å². The van der Waals surface area contributed by atoms with Gasteiger partial charge in [-0.05, 0) is 18.8 Å². The second kappa shape index (κ2) is 2.27. The van der Waals surface area contributed by atoms with Gasteiger partial charge in [-0.15, -0.1) is 0 Å². The number of nitrogens with zero attached hydrogens (tertiary/aromatic N) is 1. The largest absolute Gasteiger partial charge is 0.310 e. The second-order valence-corrected chi connectivity index (χ2v) is 2.38. The van der Waals surface area contributed by atoms with Gasteiger partial charge in [-0.2, -0.15) is 0 Å². The van der Waals surface area contributed by atoms with Crippen molar-refractivity contribution in [2.75, 3.05) is 0 Å². The molecule has 2 atom stereocenters. The minimum Gasteiger partial charge on any atom is -0.310 e. The van der Waals surface area contributed by atoms with Gasteiger partial charge in [0.25, 0.3) is 0 Å². The molecular weight excluding hydrogens is 100 g/mol. The molecular formula is C6H12N2. The van der Waals surface area contributed by atoms with Crippen molar-refractivity contribution < 1.29 is 0 Å². The van der Waals surface area contributed by atoms with E-state index in [4.69, 9.17) is 5.73 Å². The Bertz CT molecular complexity index is 98.7. The Morgan fingerprint density at radius 2 is 2.50 bits per heavy atom. The summed E-state index contributed by atoms with van der Waals surface area (Å²) in [5.41, 5.74) is 5.58. The lowest BCUT2D eigenvalue weighted by molar-refractivity contribution is 0.431. The highest BCUT2D eigenvalue weighted by atomic mass is 14.9. The lowest BCUT2D eigenvalue weighted by atomic mass is 10.0. The van der Waals surface area contributed by atoms with E-state index >= 15 is 0 Å². The zero-order chi connectivity index (χ0) is 5.98. The summed E-state index contributed by atoms with van der Waals surface area (Å²) in [6.07, 6.45) is 4.30. The van der Waals surface area contributed by atoms with Crippen LogP contribution in [0.3, 0.4) is 0 Å². The molecule has 46 valence electrons. The fraction of sp³-hybridized carbons (Fsp3) is 0.833. The van der Waals surface area contributed by atoms with E-state index in [1.54, 1.807) is 0 Å². The second-order valence-electron chi connectivity index (χ2n) is 2.38. The van der Waals surface area contributed by atoms with Crippen LogP contribution in [-0.2, 0) is 0 Å². The quantitative estimate of drug-likeness (QED) is 0.494. The minimum atomic E-state index is 0.0729. The van der Waals surface area contributed by atoms with E-state index in [2.05, 4.69) is 11.9 Å². The van der Waals surface area contributed by atoms with E-state index in [0.717, 1.165) is 6.42 Å². The molecule has 0 spiro atoms. The smallest absolute Gasteiger partial charge is 0.0991 e. The van der Waals surface area contributed by atoms with Crippen molar-refractivity contribution in [3.8, 4) is 0 Å². The molecule has 0 radical (unpaired) electrons. The molecule has 0 saturated heterocycles. The van der Waals surface area contributed by atoms with Gasteiger partial charge in [0.1, 0.15) is 0 Å². The zero-order valence-electron chi connectivity index (χ0n) is 5.17. The van der Waals surface area contributed by atoms with Crippen LogP contribution in [0.5, 0.6) is 0 Å². The van der Waals surface area contributed by atoms with Crippen LogP contribution < -0.4 is 5.73 Å². The lowest BCUT2D eigenvalue weighted by Gasteiger charge is -2.18. The molecule has 1 heterocycles. The first-order valence-electron chi connectivity index (χ1n) is 3.08. The SMILES string of the molecule is CC1CCC=NC1N. The van der Waals surface area contributed by atoms with Gasteiger partial charge in [-0.1, -0.05) is 6.92 Å². The lowest BCUT2D eigenvalue weighted by Crippen LogP contribution is -2.28. The summed E-state index contributed by atoms with van der Waals surface area (Å²) >= 11 is 0. The maximum absolute atomic E-state index is 5.58. The van der Waals surface area contributed by atoms with Crippen molar-refractivity contribution in [2.45, 2.75) is 25.9 Å². The van der Waals surface area contributed by atoms with Gasteiger partial charge in [0.2, 0.25) is 0 Å². The predicted molar refractivity (Wildman–Crippen MR) is 34.9 cm³/mol. The van der Waals surface area contributed by atoms with Crippen molar-refractivity contribution >= 4 is 6.21 Å². The summed E-state index contributed by atoms with van der Waals surface area (Å²) in [6.45, 7) is 2.14. The van der Waals surface area contributed by atoms with E-state index < -0.39 is 0 Å². The van der Waals surface area contributed by atoms with Crippen molar-refractivity contribution in [3.63, 3.8) is 0 Å². The molecule has 8 heavy (non-hydrogen) atoms. The van der Waals surface area contributed by atoms with Crippen molar-refractivity contribution in [1.82, 2.24) is 0 Å². The van der Waals surface area contributed by atoms with Crippen molar-refractivity contribution in [2.24, 2.45) is 16.6 Å². The number of hydrogen-bond donors (Lipinski definition) is 1. The fourth-order valence-corrected chi connectivity index (χ4v) is 0.851. The Kier molecular flexibility index (Phi) is 1.63. The molecule has 2 unspecified atom stereocenters. The highest BCUT2D eigenvalue weighted by Gasteiger charge is 2.12. The normalized spacial score (nSPS) is 37.8. The first-order valence-corrected chi connectivity index (χ1v) is 3.08. The Balaban J connectivity index is 2.47. The monoisotopic (exact) mass is 112 g/mol. The van der Waals surface area contributed by atoms with Crippen LogP contribution in [0.25, 0.3) is 0 Å². The fourth-order valence-electron chi connectivity index (χ4n) is 0.851. The number of hydrogen-bond acceptors (Lipinski definition) is 2. The average Bonchev–Trinajstić information content (AvgIpc) is 1.77. The highest BCUT2D eigenvalue weighted by molar-refractivity contribution is 5.58. The third kappa shape index (κ3) is 1.07. The van der Waals surface area contributed by atoms with Crippen molar-refractivity contribution in [1.29, 1.82) is 0 Å². The molecule has 0 amide bonds. The highest BCUT2D eigenvalue weighted by Crippen LogP contribution is 2.12. The van der Waals surface area contributed by atoms with E-state index in [1.807, 2.05) is 6.21 Å². The molecule has 1 rings (SSSR count). The number of nitrogens with two attached hydrogens (primary N) is 1. The van der Waals surface area contributed by atoms with Gasteiger partial charge in [0.15, 0.2) is 0 Å². The van der Waals surface area contributed by atoms with Crippen LogP contribution in [0.15, 0.2) is 4.99 Å². The maximum Gasteiger partial charge on any atom is 0.0991 e. The third-order valence-electron chi connectivity index (χ3n) is 1.61. The zero-order valence-corrected chi connectivity index (χ0v) is 5.17. The summed E-state index contributed by atoms with van der Waals surface area (Å²) in [4.78, 5) is 4.06. The molecule has 0 saturated carbocycles. The van der Waals surface area contributed by atoms with E-state index in [9.17, 15) is 0 Å². The molecule has 2 nitrogen and oxygen atoms in total. The Morgan fingerprint density at radius 3 is 2.88 bits per heavy atom.